The normalized spacial score (nSPS) is 11.7. The second-order valence-corrected chi connectivity index (χ2v) is 5.63. The average Bonchev–Trinajstić information content (AvgIpc) is 3.11. The minimum Gasteiger partial charge on any atom is -0.493 e. The Morgan fingerprint density at radius 2 is 1.88 bits per heavy atom. The van der Waals surface area contributed by atoms with E-state index < -0.39 is 6.04 Å². The highest BCUT2D eigenvalue weighted by molar-refractivity contribution is 5.92. The van der Waals surface area contributed by atoms with E-state index >= 15 is 0 Å². The van der Waals surface area contributed by atoms with Crippen molar-refractivity contribution in [1.29, 1.82) is 0 Å². The van der Waals surface area contributed by atoms with E-state index in [0.717, 1.165) is 5.56 Å². The molecule has 0 radical (unpaired) electrons. The second kappa shape index (κ2) is 7.69. The van der Waals surface area contributed by atoms with Crippen molar-refractivity contribution in [2.75, 3.05) is 14.2 Å². The fourth-order valence-corrected chi connectivity index (χ4v) is 2.69. The number of carbonyl (C=O) groups is 1. The van der Waals surface area contributed by atoms with Gasteiger partial charge in [-0.3, -0.25) is 9.78 Å². The molecule has 7 nitrogen and oxygen atoms in total. The van der Waals surface area contributed by atoms with Crippen LogP contribution in [0.3, 0.4) is 0 Å². The number of methoxy groups -OCH3 is 2. The fourth-order valence-electron chi connectivity index (χ4n) is 2.69. The van der Waals surface area contributed by atoms with Gasteiger partial charge in [-0.05, 0) is 29.8 Å². The highest BCUT2D eigenvalue weighted by Crippen LogP contribution is 2.31. The van der Waals surface area contributed by atoms with Gasteiger partial charge in [-0.25, -0.2) is 4.98 Å². The van der Waals surface area contributed by atoms with Crippen LogP contribution >= 0.6 is 0 Å². The minimum absolute atomic E-state index is 0.284. The molecule has 0 aliphatic heterocycles. The van der Waals surface area contributed by atoms with Crippen LogP contribution < -0.4 is 14.8 Å². The molecule has 0 aliphatic carbocycles. The van der Waals surface area contributed by atoms with Crippen molar-refractivity contribution in [2.45, 2.75) is 6.04 Å². The average molecular weight is 352 g/mol. The first kappa shape index (κ1) is 17.5. The van der Waals surface area contributed by atoms with Crippen molar-refractivity contribution < 1.29 is 14.3 Å². The Morgan fingerprint density at radius 3 is 2.50 bits per heavy atom. The summed E-state index contributed by atoms with van der Waals surface area (Å²) < 4.78 is 12.5. The molecule has 1 atom stereocenters. The summed E-state index contributed by atoms with van der Waals surface area (Å²) in [6.45, 7) is 0. The van der Waals surface area contributed by atoms with Crippen LogP contribution in [0.15, 0.2) is 55.0 Å². The highest BCUT2D eigenvalue weighted by atomic mass is 16.5. The van der Waals surface area contributed by atoms with Crippen LogP contribution in [0.2, 0.25) is 0 Å². The summed E-state index contributed by atoms with van der Waals surface area (Å²) in [5.74, 6) is 1.61. The molecule has 1 N–H and O–H groups in total. The molecule has 0 aliphatic rings. The number of hydrogen-bond acceptors (Lipinski definition) is 5. The topological polar surface area (TPSA) is 78.3 Å². The molecule has 0 bridgehead atoms. The van der Waals surface area contributed by atoms with Gasteiger partial charge in [-0.1, -0.05) is 12.1 Å². The zero-order valence-corrected chi connectivity index (χ0v) is 14.8. The predicted molar refractivity (Wildman–Crippen MR) is 96.3 cm³/mol. The Balaban J connectivity index is 1.99. The first-order valence-corrected chi connectivity index (χ1v) is 8.05. The number of aromatic nitrogens is 3. The number of nitrogens with zero attached hydrogens (tertiary/aromatic N) is 3. The van der Waals surface area contributed by atoms with Gasteiger partial charge in [0.15, 0.2) is 11.5 Å². The maximum atomic E-state index is 12.6. The molecule has 2 aromatic heterocycles. The number of benzene rings is 1. The number of pyridine rings is 1. The highest BCUT2D eigenvalue weighted by Gasteiger charge is 2.23. The number of aryl methyl sites for hydroxylation is 1. The van der Waals surface area contributed by atoms with Crippen LogP contribution in [-0.4, -0.2) is 34.7 Å². The Kier molecular flexibility index (Phi) is 5.17. The quantitative estimate of drug-likeness (QED) is 0.737. The number of ether oxygens (including phenoxy) is 2. The summed E-state index contributed by atoms with van der Waals surface area (Å²) in [4.78, 5) is 21.1. The van der Waals surface area contributed by atoms with Crippen LogP contribution in [-0.2, 0) is 7.05 Å². The first-order valence-electron chi connectivity index (χ1n) is 8.05. The monoisotopic (exact) mass is 352 g/mol. The maximum absolute atomic E-state index is 12.6. The lowest BCUT2D eigenvalue weighted by Crippen LogP contribution is -2.31. The molecule has 0 fully saturated rings. The lowest BCUT2D eigenvalue weighted by Gasteiger charge is -2.20. The van der Waals surface area contributed by atoms with Gasteiger partial charge in [0, 0.05) is 25.6 Å². The zero-order valence-electron chi connectivity index (χ0n) is 14.8. The minimum atomic E-state index is -0.468. The summed E-state index contributed by atoms with van der Waals surface area (Å²) in [6, 6.07) is 10.2. The third-order valence-corrected chi connectivity index (χ3v) is 4.03. The van der Waals surface area contributed by atoms with Crippen LogP contribution in [0, 0.1) is 0 Å². The molecule has 0 spiro atoms. The zero-order chi connectivity index (χ0) is 18.5. The Labute approximate surface area is 151 Å². The van der Waals surface area contributed by atoms with Crippen LogP contribution in [0.5, 0.6) is 11.5 Å². The summed E-state index contributed by atoms with van der Waals surface area (Å²) in [5, 5.41) is 3.00. The van der Waals surface area contributed by atoms with Crippen molar-refractivity contribution >= 4 is 5.91 Å². The first-order chi connectivity index (χ1) is 12.6. The van der Waals surface area contributed by atoms with Gasteiger partial charge in [0.1, 0.15) is 17.6 Å². The lowest BCUT2D eigenvalue weighted by atomic mass is 10.0. The van der Waals surface area contributed by atoms with Crippen LogP contribution in [0.1, 0.15) is 27.9 Å². The molecular weight excluding hydrogens is 332 g/mol. The van der Waals surface area contributed by atoms with Gasteiger partial charge in [0.2, 0.25) is 0 Å². The van der Waals surface area contributed by atoms with E-state index in [4.69, 9.17) is 9.47 Å². The molecular formula is C19H20N4O3. The standard InChI is InChI=1S/C19H20N4O3/c1-23-11-10-21-18(23)17(22-19(24)14-6-4-5-9-20-14)13-7-8-15(25-2)16(12-13)26-3/h4-12,17H,1-3H3,(H,22,24)/t17-/m0/s1. The van der Waals surface area contributed by atoms with Crippen molar-refractivity contribution in [3.63, 3.8) is 0 Å². The van der Waals surface area contributed by atoms with Crippen molar-refractivity contribution in [1.82, 2.24) is 19.9 Å². The predicted octanol–water partition coefficient (Wildman–Crippen LogP) is 2.35. The van der Waals surface area contributed by atoms with Crippen molar-refractivity contribution in [3.8, 4) is 11.5 Å². The van der Waals surface area contributed by atoms with Gasteiger partial charge in [-0.15, -0.1) is 0 Å². The SMILES string of the molecule is COc1ccc([C@H](NC(=O)c2ccccn2)c2nccn2C)cc1OC. The number of carbonyl (C=O) groups excluding carboxylic acids is 1. The molecule has 1 amide bonds. The van der Waals surface area contributed by atoms with E-state index in [9.17, 15) is 4.79 Å². The van der Waals surface area contributed by atoms with Crippen molar-refractivity contribution in [2.24, 2.45) is 7.05 Å². The smallest absolute Gasteiger partial charge is 0.270 e. The molecule has 2 heterocycles. The molecule has 7 heteroatoms. The molecule has 134 valence electrons. The summed E-state index contributed by atoms with van der Waals surface area (Å²) in [5.41, 5.74) is 1.16. The van der Waals surface area contributed by atoms with Gasteiger partial charge in [0.25, 0.3) is 5.91 Å². The van der Waals surface area contributed by atoms with E-state index in [1.54, 1.807) is 50.9 Å². The van der Waals surface area contributed by atoms with E-state index in [1.165, 1.54) is 0 Å². The molecule has 1 aromatic carbocycles. The molecule has 0 unspecified atom stereocenters. The van der Waals surface area contributed by atoms with Gasteiger partial charge < -0.3 is 19.4 Å². The molecule has 0 saturated heterocycles. The van der Waals surface area contributed by atoms with Crippen molar-refractivity contribution in [3.05, 3.63) is 72.1 Å². The lowest BCUT2D eigenvalue weighted by molar-refractivity contribution is 0.0936. The third kappa shape index (κ3) is 3.51. The number of amides is 1. The van der Waals surface area contributed by atoms with Crippen LogP contribution in [0.25, 0.3) is 0 Å². The van der Waals surface area contributed by atoms with Gasteiger partial charge in [-0.2, -0.15) is 0 Å². The maximum Gasteiger partial charge on any atom is 0.270 e. The third-order valence-electron chi connectivity index (χ3n) is 4.03. The Morgan fingerprint density at radius 1 is 1.08 bits per heavy atom. The molecule has 26 heavy (non-hydrogen) atoms. The molecule has 0 saturated carbocycles. The van der Waals surface area contributed by atoms with E-state index in [-0.39, 0.29) is 5.91 Å². The van der Waals surface area contributed by atoms with E-state index in [2.05, 4.69) is 15.3 Å². The van der Waals surface area contributed by atoms with Crippen LogP contribution in [0.4, 0.5) is 0 Å². The largest absolute Gasteiger partial charge is 0.493 e. The fraction of sp³-hybridized carbons (Fsp3) is 0.211. The van der Waals surface area contributed by atoms with Gasteiger partial charge >= 0.3 is 0 Å². The summed E-state index contributed by atoms with van der Waals surface area (Å²) in [7, 11) is 5.03. The summed E-state index contributed by atoms with van der Waals surface area (Å²) >= 11 is 0. The Bertz CT molecular complexity index is 893. The number of imidazole rings is 1. The number of nitrogens with one attached hydrogen (secondary N) is 1. The van der Waals surface area contributed by atoms with E-state index in [1.807, 2.05) is 29.9 Å². The van der Waals surface area contributed by atoms with E-state index in [0.29, 0.717) is 23.0 Å². The summed E-state index contributed by atoms with van der Waals surface area (Å²) in [6.07, 6.45) is 5.10. The Hall–Kier alpha value is -3.35. The number of rotatable bonds is 6. The molecule has 3 rings (SSSR count). The number of hydrogen-bond donors (Lipinski definition) is 1. The van der Waals surface area contributed by atoms with Gasteiger partial charge in [0.05, 0.1) is 14.2 Å². The molecule has 3 aromatic rings. The second-order valence-electron chi connectivity index (χ2n) is 5.63.